The number of nitro groups is 1. The summed E-state index contributed by atoms with van der Waals surface area (Å²) >= 11 is 0. The Labute approximate surface area is 112 Å². The first kappa shape index (κ1) is 13.5. The van der Waals surface area contributed by atoms with Crippen LogP contribution in [0.15, 0.2) is 6.33 Å². The Morgan fingerprint density at radius 2 is 2.21 bits per heavy atom. The molecule has 1 aliphatic rings. The predicted molar refractivity (Wildman–Crippen MR) is 72.9 cm³/mol. The van der Waals surface area contributed by atoms with E-state index in [9.17, 15) is 10.1 Å². The summed E-state index contributed by atoms with van der Waals surface area (Å²) in [6, 6.07) is 0.275. The fourth-order valence-electron chi connectivity index (χ4n) is 2.74. The molecule has 0 radical (unpaired) electrons. The van der Waals surface area contributed by atoms with E-state index in [0.29, 0.717) is 11.7 Å². The van der Waals surface area contributed by atoms with Gasteiger partial charge in [-0.1, -0.05) is 19.8 Å². The van der Waals surface area contributed by atoms with Crippen LogP contribution in [0.4, 0.5) is 17.3 Å². The lowest BCUT2D eigenvalue weighted by Gasteiger charge is -2.34. The van der Waals surface area contributed by atoms with Crippen LogP contribution >= 0.6 is 0 Å². The van der Waals surface area contributed by atoms with Crippen molar-refractivity contribution < 1.29 is 4.92 Å². The summed E-state index contributed by atoms with van der Waals surface area (Å²) in [4.78, 5) is 20.2. The molecule has 1 aromatic heterocycles. The Balaban J connectivity index is 2.30. The zero-order chi connectivity index (χ0) is 14.0. The van der Waals surface area contributed by atoms with Crippen molar-refractivity contribution in [2.75, 3.05) is 17.7 Å². The van der Waals surface area contributed by atoms with Crippen molar-refractivity contribution in [1.29, 1.82) is 0 Å². The number of nitrogens with zero attached hydrogens (tertiary/aromatic N) is 4. The van der Waals surface area contributed by atoms with E-state index in [1.165, 1.54) is 12.7 Å². The van der Waals surface area contributed by atoms with E-state index < -0.39 is 4.92 Å². The molecular weight excluding hydrogens is 246 g/mol. The average molecular weight is 265 g/mol. The summed E-state index contributed by atoms with van der Waals surface area (Å²) in [6.07, 6.45) is 5.70. The first-order valence-corrected chi connectivity index (χ1v) is 6.48. The molecule has 104 valence electrons. The van der Waals surface area contributed by atoms with Gasteiger partial charge in [0.25, 0.3) is 0 Å². The largest absolute Gasteiger partial charge is 0.378 e. The maximum absolute atomic E-state index is 11.1. The molecule has 1 saturated carbocycles. The van der Waals surface area contributed by atoms with Gasteiger partial charge in [-0.05, 0) is 18.8 Å². The van der Waals surface area contributed by atoms with Gasteiger partial charge in [-0.2, -0.15) is 0 Å². The lowest BCUT2D eigenvalue weighted by atomic mass is 9.86. The van der Waals surface area contributed by atoms with Gasteiger partial charge in [-0.15, -0.1) is 0 Å². The molecule has 1 aromatic rings. The van der Waals surface area contributed by atoms with E-state index in [4.69, 9.17) is 5.73 Å². The minimum absolute atomic E-state index is 0.0780. The standard InChI is InChI=1S/C12H19N5O2/c1-8-4-3-5-9(6-8)16(2)12-10(17(18)19)11(13)14-7-15-12/h7-9H,3-6H2,1-2H3,(H2,13,14,15). The Kier molecular flexibility index (Phi) is 3.82. The van der Waals surface area contributed by atoms with Gasteiger partial charge in [0, 0.05) is 13.1 Å². The van der Waals surface area contributed by atoms with Gasteiger partial charge in [0.1, 0.15) is 6.33 Å². The van der Waals surface area contributed by atoms with Crippen LogP contribution in [0.25, 0.3) is 0 Å². The molecule has 2 unspecified atom stereocenters. The number of hydrogen-bond donors (Lipinski definition) is 1. The monoisotopic (exact) mass is 265 g/mol. The van der Waals surface area contributed by atoms with Crippen LogP contribution in [0.2, 0.25) is 0 Å². The molecule has 1 fully saturated rings. The predicted octanol–water partition coefficient (Wildman–Crippen LogP) is 1.98. The SMILES string of the molecule is CC1CCCC(N(C)c2ncnc(N)c2[N+](=O)[O-])C1. The van der Waals surface area contributed by atoms with Gasteiger partial charge in [-0.25, -0.2) is 9.97 Å². The second-order valence-electron chi connectivity index (χ2n) is 5.22. The van der Waals surface area contributed by atoms with Crippen molar-refractivity contribution in [2.45, 2.75) is 38.6 Å². The van der Waals surface area contributed by atoms with Crippen molar-refractivity contribution in [3.05, 3.63) is 16.4 Å². The molecule has 0 bridgehead atoms. The number of hydrogen-bond acceptors (Lipinski definition) is 6. The topological polar surface area (TPSA) is 98.2 Å². The highest BCUT2D eigenvalue weighted by atomic mass is 16.6. The first-order chi connectivity index (χ1) is 9.00. The summed E-state index contributed by atoms with van der Waals surface area (Å²) in [7, 11) is 1.84. The number of aromatic nitrogens is 2. The minimum atomic E-state index is -0.507. The van der Waals surface area contributed by atoms with Crippen LogP contribution in [0.3, 0.4) is 0 Å². The van der Waals surface area contributed by atoms with E-state index in [-0.39, 0.29) is 17.5 Å². The molecule has 0 aliphatic heterocycles. The van der Waals surface area contributed by atoms with Crippen molar-refractivity contribution in [3.8, 4) is 0 Å². The third-order valence-electron chi connectivity index (χ3n) is 3.80. The summed E-state index contributed by atoms with van der Waals surface area (Å²) in [5.74, 6) is 0.877. The fraction of sp³-hybridized carbons (Fsp3) is 0.667. The van der Waals surface area contributed by atoms with Gasteiger partial charge in [0.15, 0.2) is 0 Å². The minimum Gasteiger partial charge on any atom is -0.378 e. The van der Waals surface area contributed by atoms with E-state index in [1.807, 2.05) is 11.9 Å². The van der Waals surface area contributed by atoms with E-state index in [0.717, 1.165) is 19.3 Å². The fourth-order valence-corrected chi connectivity index (χ4v) is 2.74. The lowest BCUT2D eigenvalue weighted by Crippen LogP contribution is -2.36. The smallest absolute Gasteiger partial charge is 0.353 e. The van der Waals surface area contributed by atoms with Crippen LogP contribution in [0.5, 0.6) is 0 Å². The molecule has 0 saturated heterocycles. The highest BCUT2D eigenvalue weighted by Crippen LogP contribution is 2.34. The van der Waals surface area contributed by atoms with Crippen molar-refractivity contribution >= 4 is 17.3 Å². The van der Waals surface area contributed by atoms with Crippen LogP contribution in [0.1, 0.15) is 32.6 Å². The first-order valence-electron chi connectivity index (χ1n) is 6.48. The third kappa shape index (κ3) is 2.74. The molecule has 0 spiro atoms. The molecule has 7 heteroatoms. The summed E-state index contributed by atoms with van der Waals surface area (Å²) in [5.41, 5.74) is 5.41. The molecular formula is C12H19N5O2. The van der Waals surface area contributed by atoms with Crippen LogP contribution in [-0.2, 0) is 0 Å². The molecule has 1 heterocycles. The quantitative estimate of drug-likeness (QED) is 0.662. The van der Waals surface area contributed by atoms with E-state index in [2.05, 4.69) is 16.9 Å². The molecule has 2 N–H and O–H groups in total. The number of rotatable bonds is 3. The molecule has 7 nitrogen and oxygen atoms in total. The van der Waals surface area contributed by atoms with E-state index >= 15 is 0 Å². The number of nitrogens with two attached hydrogens (primary N) is 1. The average Bonchev–Trinajstić information content (AvgIpc) is 2.37. The molecule has 1 aliphatic carbocycles. The Hall–Kier alpha value is -1.92. The molecule has 2 atom stereocenters. The Morgan fingerprint density at radius 1 is 1.47 bits per heavy atom. The van der Waals surface area contributed by atoms with Crippen molar-refractivity contribution in [2.24, 2.45) is 5.92 Å². The van der Waals surface area contributed by atoms with Crippen LogP contribution in [0, 0.1) is 16.0 Å². The molecule has 0 amide bonds. The second kappa shape index (κ2) is 5.38. The zero-order valence-electron chi connectivity index (χ0n) is 11.2. The highest BCUT2D eigenvalue weighted by Gasteiger charge is 2.29. The van der Waals surface area contributed by atoms with Gasteiger partial charge in [0.05, 0.1) is 4.92 Å². The summed E-state index contributed by atoms with van der Waals surface area (Å²) in [5, 5.41) is 11.1. The van der Waals surface area contributed by atoms with Crippen LogP contribution in [-0.4, -0.2) is 28.0 Å². The maximum Gasteiger partial charge on any atom is 0.353 e. The summed E-state index contributed by atoms with van der Waals surface area (Å²) in [6.45, 7) is 2.21. The van der Waals surface area contributed by atoms with Crippen molar-refractivity contribution in [1.82, 2.24) is 9.97 Å². The van der Waals surface area contributed by atoms with Gasteiger partial charge >= 0.3 is 5.69 Å². The van der Waals surface area contributed by atoms with Crippen molar-refractivity contribution in [3.63, 3.8) is 0 Å². The Morgan fingerprint density at radius 3 is 2.84 bits per heavy atom. The number of anilines is 2. The second-order valence-corrected chi connectivity index (χ2v) is 5.22. The summed E-state index contributed by atoms with van der Waals surface area (Å²) < 4.78 is 0. The van der Waals surface area contributed by atoms with Gasteiger partial charge in [0.2, 0.25) is 11.6 Å². The number of nitrogen functional groups attached to an aromatic ring is 1. The van der Waals surface area contributed by atoms with E-state index in [1.54, 1.807) is 0 Å². The third-order valence-corrected chi connectivity index (χ3v) is 3.80. The normalized spacial score (nSPS) is 23.1. The highest BCUT2D eigenvalue weighted by molar-refractivity contribution is 5.68. The zero-order valence-corrected chi connectivity index (χ0v) is 11.2. The lowest BCUT2D eigenvalue weighted by molar-refractivity contribution is -0.383. The molecule has 2 rings (SSSR count). The molecule has 19 heavy (non-hydrogen) atoms. The Bertz CT molecular complexity index is 479. The molecule has 0 aromatic carbocycles. The van der Waals surface area contributed by atoms with Gasteiger partial charge in [-0.3, -0.25) is 10.1 Å². The maximum atomic E-state index is 11.1. The van der Waals surface area contributed by atoms with Crippen LogP contribution < -0.4 is 10.6 Å². The van der Waals surface area contributed by atoms with Gasteiger partial charge < -0.3 is 10.6 Å².